The molecule has 100 valence electrons. The molecule has 0 radical (unpaired) electrons. The lowest BCUT2D eigenvalue weighted by Gasteiger charge is -2.32. The highest BCUT2D eigenvalue weighted by molar-refractivity contribution is 5.32. The van der Waals surface area contributed by atoms with E-state index in [0.29, 0.717) is 0 Å². The third-order valence-electron chi connectivity index (χ3n) is 4.70. The zero-order chi connectivity index (χ0) is 13.0. The standard InChI is InChI=1S/C17H27N/c1-4-15-9-5-6-11-17(15)18-12-16-10-7-8-13(2)14(16)3/h7-8,10,15,17-18H,4-6,9,11-12H2,1-3H3. The largest absolute Gasteiger partial charge is 0.310 e. The van der Waals surface area contributed by atoms with E-state index in [9.17, 15) is 0 Å². The van der Waals surface area contributed by atoms with E-state index in [0.717, 1.165) is 18.5 Å². The maximum absolute atomic E-state index is 3.81. The molecule has 1 N–H and O–H groups in total. The summed E-state index contributed by atoms with van der Waals surface area (Å²) in [6.45, 7) is 7.82. The van der Waals surface area contributed by atoms with Crippen LogP contribution in [0, 0.1) is 19.8 Å². The molecule has 2 rings (SSSR count). The van der Waals surface area contributed by atoms with Crippen molar-refractivity contribution in [3.8, 4) is 0 Å². The third kappa shape index (κ3) is 3.14. The second-order valence-electron chi connectivity index (χ2n) is 5.80. The first-order valence-electron chi connectivity index (χ1n) is 7.50. The Labute approximate surface area is 112 Å². The van der Waals surface area contributed by atoms with Gasteiger partial charge in [-0.15, -0.1) is 0 Å². The molecule has 1 aromatic rings. The summed E-state index contributed by atoms with van der Waals surface area (Å²) in [5, 5.41) is 3.81. The zero-order valence-corrected chi connectivity index (χ0v) is 12.1. The smallest absolute Gasteiger partial charge is 0.0210 e. The Bertz CT molecular complexity index is 383. The summed E-state index contributed by atoms with van der Waals surface area (Å²) in [6, 6.07) is 7.38. The summed E-state index contributed by atoms with van der Waals surface area (Å²) < 4.78 is 0. The SMILES string of the molecule is CCC1CCCCC1NCc1cccc(C)c1C. The van der Waals surface area contributed by atoms with Crippen molar-refractivity contribution in [2.45, 2.75) is 65.5 Å². The normalized spacial score (nSPS) is 24.2. The summed E-state index contributed by atoms with van der Waals surface area (Å²) in [7, 11) is 0. The van der Waals surface area contributed by atoms with Gasteiger partial charge in [-0.05, 0) is 49.3 Å². The molecule has 0 heterocycles. The summed E-state index contributed by atoms with van der Waals surface area (Å²) in [5.74, 6) is 0.892. The van der Waals surface area contributed by atoms with Crippen LogP contribution in [0.3, 0.4) is 0 Å². The van der Waals surface area contributed by atoms with Crippen molar-refractivity contribution in [2.24, 2.45) is 5.92 Å². The molecule has 0 saturated heterocycles. The van der Waals surface area contributed by atoms with E-state index in [1.807, 2.05) is 0 Å². The third-order valence-corrected chi connectivity index (χ3v) is 4.70. The highest BCUT2D eigenvalue weighted by atomic mass is 14.9. The lowest BCUT2D eigenvalue weighted by atomic mass is 9.83. The van der Waals surface area contributed by atoms with Gasteiger partial charge in [0.25, 0.3) is 0 Å². The molecule has 0 spiro atoms. The molecular formula is C17H27N. The first-order chi connectivity index (χ1) is 8.72. The molecule has 0 aliphatic heterocycles. The van der Waals surface area contributed by atoms with Crippen molar-refractivity contribution in [1.29, 1.82) is 0 Å². The molecule has 1 heteroatoms. The quantitative estimate of drug-likeness (QED) is 0.831. The molecule has 1 aliphatic rings. The minimum atomic E-state index is 0.740. The fraction of sp³-hybridized carbons (Fsp3) is 0.647. The Morgan fingerprint density at radius 1 is 1.17 bits per heavy atom. The topological polar surface area (TPSA) is 12.0 Å². The Morgan fingerprint density at radius 3 is 2.72 bits per heavy atom. The van der Waals surface area contributed by atoms with Crippen molar-refractivity contribution in [3.05, 3.63) is 34.9 Å². The molecule has 0 bridgehead atoms. The molecular weight excluding hydrogens is 218 g/mol. The summed E-state index contributed by atoms with van der Waals surface area (Å²) in [5.41, 5.74) is 4.33. The average molecular weight is 245 g/mol. The second kappa shape index (κ2) is 6.38. The summed E-state index contributed by atoms with van der Waals surface area (Å²) >= 11 is 0. The van der Waals surface area contributed by atoms with Crippen LogP contribution in [0.1, 0.15) is 55.7 Å². The predicted molar refractivity (Wildman–Crippen MR) is 78.8 cm³/mol. The average Bonchev–Trinajstić information content (AvgIpc) is 2.41. The number of benzene rings is 1. The molecule has 0 amide bonds. The van der Waals surface area contributed by atoms with Crippen LogP contribution < -0.4 is 5.32 Å². The van der Waals surface area contributed by atoms with Crippen molar-refractivity contribution in [3.63, 3.8) is 0 Å². The Hall–Kier alpha value is -0.820. The molecule has 2 atom stereocenters. The highest BCUT2D eigenvalue weighted by Crippen LogP contribution is 2.27. The van der Waals surface area contributed by atoms with E-state index in [2.05, 4.69) is 44.3 Å². The molecule has 1 nitrogen and oxygen atoms in total. The van der Waals surface area contributed by atoms with Crippen LogP contribution in [0.5, 0.6) is 0 Å². The molecule has 1 fully saturated rings. The lowest BCUT2D eigenvalue weighted by molar-refractivity contribution is 0.254. The van der Waals surface area contributed by atoms with Gasteiger partial charge in [-0.3, -0.25) is 0 Å². The van der Waals surface area contributed by atoms with E-state index >= 15 is 0 Å². The molecule has 2 unspecified atom stereocenters. The van der Waals surface area contributed by atoms with Gasteiger partial charge < -0.3 is 5.32 Å². The maximum atomic E-state index is 3.81. The Kier molecular flexibility index (Phi) is 4.82. The van der Waals surface area contributed by atoms with Crippen molar-refractivity contribution in [1.82, 2.24) is 5.32 Å². The fourth-order valence-electron chi connectivity index (χ4n) is 3.21. The predicted octanol–water partition coefficient (Wildman–Crippen LogP) is 4.36. The molecule has 18 heavy (non-hydrogen) atoms. The van der Waals surface area contributed by atoms with Gasteiger partial charge in [0.05, 0.1) is 0 Å². The van der Waals surface area contributed by atoms with Gasteiger partial charge in [-0.1, -0.05) is 44.4 Å². The van der Waals surface area contributed by atoms with Gasteiger partial charge >= 0.3 is 0 Å². The van der Waals surface area contributed by atoms with Crippen LogP contribution in [0.2, 0.25) is 0 Å². The molecule has 1 saturated carbocycles. The number of rotatable bonds is 4. The van der Waals surface area contributed by atoms with E-state index in [1.54, 1.807) is 0 Å². The van der Waals surface area contributed by atoms with Crippen LogP contribution in [0.25, 0.3) is 0 Å². The van der Waals surface area contributed by atoms with Crippen LogP contribution in [0.15, 0.2) is 18.2 Å². The zero-order valence-electron chi connectivity index (χ0n) is 12.1. The van der Waals surface area contributed by atoms with Gasteiger partial charge in [-0.2, -0.15) is 0 Å². The highest BCUT2D eigenvalue weighted by Gasteiger charge is 2.22. The fourth-order valence-corrected chi connectivity index (χ4v) is 3.21. The summed E-state index contributed by atoms with van der Waals surface area (Å²) in [4.78, 5) is 0. The van der Waals surface area contributed by atoms with Crippen molar-refractivity contribution in [2.75, 3.05) is 0 Å². The van der Waals surface area contributed by atoms with Crippen molar-refractivity contribution < 1.29 is 0 Å². The van der Waals surface area contributed by atoms with Crippen LogP contribution >= 0.6 is 0 Å². The van der Waals surface area contributed by atoms with Crippen LogP contribution in [-0.4, -0.2) is 6.04 Å². The van der Waals surface area contributed by atoms with Crippen LogP contribution in [0.4, 0.5) is 0 Å². The Morgan fingerprint density at radius 2 is 1.94 bits per heavy atom. The van der Waals surface area contributed by atoms with Crippen molar-refractivity contribution >= 4 is 0 Å². The first-order valence-corrected chi connectivity index (χ1v) is 7.50. The first kappa shape index (κ1) is 13.6. The van der Waals surface area contributed by atoms with Gasteiger partial charge in [-0.25, -0.2) is 0 Å². The minimum Gasteiger partial charge on any atom is -0.310 e. The van der Waals surface area contributed by atoms with Gasteiger partial charge in [0.2, 0.25) is 0 Å². The van der Waals surface area contributed by atoms with Gasteiger partial charge in [0.15, 0.2) is 0 Å². The Balaban J connectivity index is 1.96. The molecule has 0 aromatic heterocycles. The van der Waals surface area contributed by atoms with Gasteiger partial charge in [0.1, 0.15) is 0 Å². The summed E-state index contributed by atoms with van der Waals surface area (Å²) in [6.07, 6.45) is 6.94. The molecule has 1 aliphatic carbocycles. The van der Waals surface area contributed by atoms with Crippen LogP contribution in [-0.2, 0) is 6.54 Å². The monoisotopic (exact) mass is 245 g/mol. The second-order valence-corrected chi connectivity index (χ2v) is 5.80. The number of hydrogen-bond acceptors (Lipinski definition) is 1. The van der Waals surface area contributed by atoms with E-state index in [4.69, 9.17) is 0 Å². The number of aryl methyl sites for hydroxylation is 1. The number of hydrogen-bond donors (Lipinski definition) is 1. The lowest BCUT2D eigenvalue weighted by Crippen LogP contribution is -2.38. The van der Waals surface area contributed by atoms with Gasteiger partial charge in [0, 0.05) is 12.6 Å². The minimum absolute atomic E-state index is 0.740. The molecule has 1 aromatic carbocycles. The van der Waals surface area contributed by atoms with E-state index in [1.165, 1.54) is 48.8 Å². The maximum Gasteiger partial charge on any atom is 0.0210 e. The van der Waals surface area contributed by atoms with E-state index in [-0.39, 0.29) is 0 Å². The number of nitrogens with one attached hydrogen (secondary N) is 1. The van der Waals surface area contributed by atoms with E-state index < -0.39 is 0 Å².